The van der Waals surface area contributed by atoms with Crippen molar-refractivity contribution in [2.75, 3.05) is 0 Å². The van der Waals surface area contributed by atoms with Crippen molar-refractivity contribution in [1.82, 2.24) is 8.96 Å². The van der Waals surface area contributed by atoms with Crippen molar-refractivity contribution in [3.8, 4) is 0 Å². The smallest absolute Gasteiger partial charge is 0.337 e. The molecule has 2 aromatic heterocycles. The molecule has 1 N–H and O–H groups in total. The topological polar surface area (TPSA) is 89.3 Å². The van der Waals surface area contributed by atoms with Crippen LogP contribution in [0.5, 0.6) is 0 Å². The van der Waals surface area contributed by atoms with Crippen molar-refractivity contribution >= 4 is 49.6 Å². The van der Waals surface area contributed by atoms with E-state index in [1.165, 1.54) is 24.4 Å². The molecule has 0 bridgehead atoms. The third-order valence-electron chi connectivity index (χ3n) is 3.39. The van der Waals surface area contributed by atoms with Crippen LogP contribution in [0.25, 0.3) is 11.0 Å². The maximum atomic E-state index is 12.8. The molecular weight excluding hydrogens is 431 g/mol. The second-order valence-electron chi connectivity index (χ2n) is 4.99. The number of aromatic nitrogens is 2. The lowest BCUT2D eigenvalue weighted by molar-refractivity contribution is 0.0696. The molecule has 23 heavy (non-hydrogen) atoms. The number of carboxylic acid groups (broad SMARTS) is 1. The number of hydrogen-bond acceptors (Lipinski definition) is 4. The Kier molecular flexibility index (Phi) is 3.88. The van der Waals surface area contributed by atoms with E-state index in [9.17, 15) is 13.2 Å². The van der Waals surface area contributed by atoms with Crippen LogP contribution in [0.15, 0.2) is 47.6 Å². The Balaban J connectivity index is 2.24. The molecule has 3 rings (SSSR count). The Morgan fingerprint density at radius 3 is 2.52 bits per heavy atom. The van der Waals surface area contributed by atoms with E-state index in [2.05, 4.69) is 4.98 Å². The molecule has 0 aliphatic rings. The summed E-state index contributed by atoms with van der Waals surface area (Å²) in [5.41, 5.74) is 1.18. The fraction of sp³-hybridized carbons (Fsp3) is 0.0667. The number of rotatable bonds is 3. The van der Waals surface area contributed by atoms with E-state index in [1.54, 1.807) is 12.1 Å². The molecule has 0 radical (unpaired) electrons. The number of hydrogen-bond donors (Lipinski definition) is 1. The SMILES string of the molecule is Cc1ccc(S(=O)(=O)n2cc(I)c3cc(C(=O)O)cnc32)cc1. The van der Waals surface area contributed by atoms with Crippen molar-refractivity contribution in [2.24, 2.45) is 0 Å². The second-order valence-corrected chi connectivity index (χ2v) is 7.97. The number of pyridine rings is 1. The van der Waals surface area contributed by atoms with Gasteiger partial charge in [0.25, 0.3) is 10.0 Å². The van der Waals surface area contributed by atoms with Crippen molar-refractivity contribution in [3.63, 3.8) is 0 Å². The van der Waals surface area contributed by atoms with Crippen LogP contribution >= 0.6 is 22.6 Å². The summed E-state index contributed by atoms with van der Waals surface area (Å²) in [7, 11) is -3.79. The lowest BCUT2D eigenvalue weighted by Gasteiger charge is -2.07. The molecule has 2 heterocycles. The highest BCUT2D eigenvalue weighted by atomic mass is 127. The number of aryl methyl sites for hydroxylation is 1. The van der Waals surface area contributed by atoms with Gasteiger partial charge in [0, 0.05) is 21.4 Å². The van der Waals surface area contributed by atoms with Gasteiger partial charge >= 0.3 is 5.97 Å². The molecule has 8 heteroatoms. The van der Waals surface area contributed by atoms with Gasteiger partial charge in [-0.05, 0) is 47.7 Å². The summed E-state index contributed by atoms with van der Waals surface area (Å²) in [6.45, 7) is 1.87. The van der Waals surface area contributed by atoms with Crippen LogP contribution < -0.4 is 0 Å². The number of fused-ring (bicyclic) bond motifs is 1. The van der Waals surface area contributed by atoms with Crippen LogP contribution in [-0.2, 0) is 10.0 Å². The van der Waals surface area contributed by atoms with Gasteiger partial charge < -0.3 is 5.11 Å². The number of nitrogens with zero attached hydrogens (tertiary/aromatic N) is 2. The first kappa shape index (κ1) is 15.9. The van der Waals surface area contributed by atoms with E-state index in [0.717, 1.165) is 15.7 Å². The summed E-state index contributed by atoms with van der Waals surface area (Å²) in [6.07, 6.45) is 2.60. The van der Waals surface area contributed by atoms with Crippen LogP contribution in [-0.4, -0.2) is 28.5 Å². The minimum Gasteiger partial charge on any atom is -0.478 e. The predicted octanol–water partition coefficient (Wildman–Crippen LogP) is 2.88. The third-order valence-corrected chi connectivity index (χ3v) is 5.91. The Morgan fingerprint density at radius 1 is 1.26 bits per heavy atom. The summed E-state index contributed by atoms with van der Waals surface area (Å²) < 4.78 is 27.3. The number of carbonyl (C=O) groups is 1. The van der Waals surface area contributed by atoms with Crippen molar-refractivity contribution in [2.45, 2.75) is 11.8 Å². The largest absolute Gasteiger partial charge is 0.478 e. The van der Waals surface area contributed by atoms with Crippen LogP contribution in [0.1, 0.15) is 15.9 Å². The Bertz CT molecular complexity index is 1020. The molecule has 0 unspecified atom stereocenters. The average molecular weight is 442 g/mol. The number of halogens is 1. The Labute approximate surface area is 146 Å². The summed E-state index contributed by atoms with van der Waals surface area (Å²) in [5.74, 6) is -1.11. The monoisotopic (exact) mass is 442 g/mol. The van der Waals surface area contributed by atoms with E-state index in [-0.39, 0.29) is 16.1 Å². The molecule has 0 spiro atoms. The Hall–Kier alpha value is -1.94. The maximum Gasteiger partial charge on any atom is 0.337 e. The highest BCUT2D eigenvalue weighted by molar-refractivity contribution is 14.1. The lowest BCUT2D eigenvalue weighted by Crippen LogP contribution is -2.12. The van der Waals surface area contributed by atoms with E-state index < -0.39 is 16.0 Å². The fourth-order valence-corrected chi connectivity index (χ4v) is 4.36. The fourth-order valence-electron chi connectivity index (χ4n) is 2.17. The zero-order valence-corrected chi connectivity index (χ0v) is 14.9. The van der Waals surface area contributed by atoms with E-state index in [4.69, 9.17) is 5.11 Å². The van der Waals surface area contributed by atoms with Gasteiger partial charge in [0.2, 0.25) is 0 Å². The molecule has 0 aliphatic heterocycles. The van der Waals surface area contributed by atoms with E-state index in [0.29, 0.717) is 8.96 Å². The molecule has 0 atom stereocenters. The number of carboxylic acids is 1. The van der Waals surface area contributed by atoms with Crippen molar-refractivity contribution in [3.05, 3.63) is 57.4 Å². The van der Waals surface area contributed by atoms with Gasteiger partial charge in [-0.1, -0.05) is 17.7 Å². The van der Waals surface area contributed by atoms with Gasteiger partial charge in [0.15, 0.2) is 5.65 Å². The quantitative estimate of drug-likeness (QED) is 0.631. The molecule has 3 aromatic rings. The van der Waals surface area contributed by atoms with E-state index in [1.807, 2.05) is 29.5 Å². The van der Waals surface area contributed by atoms with Crippen LogP contribution in [0.4, 0.5) is 0 Å². The van der Waals surface area contributed by atoms with Gasteiger partial charge in [-0.3, -0.25) is 0 Å². The van der Waals surface area contributed by atoms with Crippen LogP contribution in [0.2, 0.25) is 0 Å². The first-order valence-corrected chi connectivity index (χ1v) is 9.05. The molecule has 0 amide bonds. The summed E-state index contributed by atoms with van der Waals surface area (Å²) >= 11 is 1.97. The minimum atomic E-state index is -3.79. The van der Waals surface area contributed by atoms with Crippen molar-refractivity contribution < 1.29 is 18.3 Å². The van der Waals surface area contributed by atoms with Crippen molar-refractivity contribution in [1.29, 1.82) is 0 Å². The highest BCUT2D eigenvalue weighted by Crippen LogP contribution is 2.26. The zero-order chi connectivity index (χ0) is 16.8. The minimum absolute atomic E-state index is 0.0147. The Morgan fingerprint density at radius 2 is 1.91 bits per heavy atom. The molecule has 0 saturated carbocycles. The molecule has 118 valence electrons. The van der Waals surface area contributed by atoms with Crippen LogP contribution in [0, 0.1) is 10.5 Å². The van der Waals surface area contributed by atoms with Gasteiger partial charge in [0.1, 0.15) is 0 Å². The molecule has 1 aromatic carbocycles. The van der Waals surface area contributed by atoms with Crippen LogP contribution in [0.3, 0.4) is 0 Å². The third kappa shape index (κ3) is 2.72. The molecule has 6 nitrogen and oxygen atoms in total. The standard InChI is InChI=1S/C15H11IN2O4S/c1-9-2-4-11(5-3-9)23(21,22)18-8-13(16)12-6-10(15(19)20)7-17-14(12)18/h2-8H,1H3,(H,19,20). The summed E-state index contributed by atoms with van der Waals surface area (Å²) in [5, 5.41) is 9.53. The second kappa shape index (κ2) is 5.60. The van der Waals surface area contributed by atoms with E-state index >= 15 is 0 Å². The molecule has 0 aliphatic carbocycles. The first-order chi connectivity index (χ1) is 10.8. The molecule has 0 saturated heterocycles. The lowest BCUT2D eigenvalue weighted by atomic mass is 10.2. The summed E-state index contributed by atoms with van der Waals surface area (Å²) in [4.78, 5) is 15.2. The summed E-state index contributed by atoms with van der Waals surface area (Å²) in [6, 6.07) is 7.94. The van der Waals surface area contributed by atoms with Gasteiger partial charge in [-0.2, -0.15) is 0 Å². The number of benzene rings is 1. The zero-order valence-electron chi connectivity index (χ0n) is 11.9. The first-order valence-electron chi connectivity index (χ1n) is 6.53. The predicted molar refractivity (Wildman–Crippen MR) is 93.2 cm³/mol. The highest BCUT2D eigenvalue weighted by Gasteiger charge is 2.22. The number of aromatic carboxylic acids is 1. The maximum absolute atomic E-state index is 12.8. The van der Waals surface area contributed by atoms with Gasteiger partial charge in [-0.25, -0.2) is 22.2 Å². The van der Waals surface area contributed by atoms with Gasteiger partial charge in [0.05, 0.1) is 10.5 Å². The molecular formula is C15H11IN2O4S. The van der Waals surface area contributed by atoms with Gasteiger partial charge in [-0.15, -0.1) is 0 Å². The molecule has 0 fully saturated rings. The normalized spacial score (nSPS) is 11.7. The average Bonchev–Trinajstić information content (AvgIpc) is 2.85.